The van der Waals surface area contributed by atoms with E-state index >= 15 is 0 Å². The minimum atomic E-state index is -0.922. The smallest absolute Gasteiger partial charge is 0.407 e. The zero-order chi connectivity index (χ0) is 18.4. The minimum Gasteiger partial charge on any atom is -0.469 e. The molecule has 1 N–H and O–H groups in total. The van der Waals surface area contributed by atoms with Crippen molar-refractivity contribution in [3.8, 4) is 0 Å². The molecule has 0 radical (unpaired) electrons. The number of aldehydes is 1. The van der Waals surface area contributed by atoms with Crippen LogP contribution in [0.25, 0.3) is 0 Å². The van der Waals surface area contributed by atoms with Gasteiger partial charge in [0.05, 0.1) is 20.3 Å². The summed E-state index contributed by atoms with van der Waals surface area (Å²) in [6.45, 7) is 0. The number of alkyl carbamates (subject to hydrolysis) is 1. The van der Waals surface area contributed by atoms with E-state index < -0.39 is 24.1 Å². The summed E-state index contributed by atoms with van der Waals surface area (Å²) in [4.78, 5) is 49.2. The van der Waals surface area contributed by atoms with Crippen LogP contribution >= 0.6 is 0 Å². The molecule has 8 heteroatoms. The third kappa shape index (κ3) is 4.49. The lowest BCUT2D eigenvalue weighted by Gasteiger charge is -2.35. The summed E-state index contributed by atoms with van der Waals surface area (Å²) in [5.74, 6) is -0.471. The largest absolute Gasteiger partial charge is 0.469 e. The van der Waals surface area contributed by atoms with E-state index in [1.807, 2.05) is 0 Å². The van der Waals surface area contributed by atoms with Gasteiger partial charge >= 0.3 is 12.1 Å². The van der Waals surface area contributed by atoms with Gasteiger partial charge in [-0.05, 0) is 31.6 Å². The van der Waals surface area contributed by atoms with Crippen LogP contribution in [0.2, 0.25) is 0 Å². The number of nitrogens with zero attached hydrogens (tertiary/aromatic N) is 1. The van der Waals surface area contributed by atoms with Gasteiger partial charge in [-0.3, -0.25) is 9.59 Å². The molecule has 1 saturated heterocycles. The molecular formula is C17H26N2O6. The number of methoxy groups -OCH3 is 2. The highest BCUT2D eigenvalue weighted by Gasteiger charge is 2.46. The van der Waals surface area contributed by atoms with Crippen LogP contribution in [0.15, 0.2) is 0 Å². The van der Waals surface area contributed by atoms with E-state index in [0.29, 0.717) is 12.3 Å². The fourth-order valence-corrected chi connectivity index (χ4v) is 3.95. The average Bonchev–Trinajstić information content (AvgIpc) is 3.02. The Bertz CT molecular complexity index is 523. The summed E-state index contributed by atoms with van der Waals surface area (Å²) in [7, 11) is 2.47. The number of rotatable bonds is 6. The molecule has 0 aromatic rings. The average molecular weight is 354 g/mol. The molecule has 8 nitrogen and oxygen atoms in total. The van der Waals surface area contributed by atoms with Crippen LogP contribution in [0, 0.1) is 5.92 Å². The number of hydrogen-bond donors (Lipinski definition) is 1. The predicted octanol–water partition coefficient (Wildman–Crippen LogP) is 1.02. The van der Waals surface area contributed by atoms with Crippen LogP contribution in [-0.4, -0.2) is 61.5 Å². The van der Waals surface area contributed by atoms with Crippen LogP contribution in [0.5, 0.6) is 0 Å². The molecule has 2 amide bonds. The van der Waals surface area contributed by atoms with Crippen molar-refractivity contribution in [2.45, 2.75) is 63.1 Å². The van der Waals surface area contributed by atoms with Crippen molar-refractivity contribution < 1.29 is 28.7 Å². The number of likely N-dealkylation sites (tertiary alicyclic amines) is 1. The maximum atomic E-state index is 13.1. The summed E-state index contributed by atoms with van der Waals surface area (Å²) in [5, 5.41) is 2.49. The molecule has 1 aliphatic heterocycles. The molecule has 2 aliphatic rings. The third-order valence-corrected chi connectivity index (χ3v) is 5.18. The molecule has 1 aliphatic carbocycles. The van der Waals surface area contributed by atoms with Crippen molar-refractivity contribution in [1.29, 1.82) is 0 Å². The summed E-state index contributed by atoms with van der Waals surface area (Å²) in [6.07, 6.45) is 4.83. The maximum Gasteiger partial charge on any atom is 0.407 e. The summed E-state index contributed by atoms with van der Waals surface area (Å²) in [5.41, 5.74) is 0. The standard InChI is InChI=1S/C17H26N2O6/c1-24-15(21)8-7-13(18-17(23)25-2)16(22)19-12(10-20)9-11-5-3-4-6-14(11)19/h10-14H,3-9H2,1-2H3,(H,18,23)/t11?,12-,13?,14?/m0/s1. The quantitative estimate of drug-likeness (QED) is 0.564. The maximum absolute atomic E-state index is 13.1. The Labute approximate surface area is 147 Å². The molecule has 0 spiro atoms. The number of ether oxygens (including phenoxy) is 2. The van der Waals surface area contributed by atoms with Gasteiger partial charge in [0, 0.05) is 12.5 Å². The van der Waals surface area contributed by atoms with E-state index in [1.54, 1.807) is 4.90 Å². The Balaban J connectivity index is 2.15. The first-order valence-corrected chi connectivity index (χ1v) is 8.70. The van der Waals surface area contributed by atoms with Gasteiger partial charge < -0.3 is 24.5 Å². The van der Waals surface area contributed by atoms with Crippen molar-refractivity contribution in [2.24, 2.45) is 5.92 Å². The van der Waals surface area contributed by atoms with E-state index in [0.717, 1.165) is 32.0 Å². The van der Waals surface area contributed by atoms with Crippen molar-refractivity contribution in [3.63, 3.8) is 0 Å². The number of carbonyl (C=O) groups is 4. The lowest BCUT2D eigenvalue weighted by Crippen LogP contribution is -2.53. The van der Waals surface area contributed by atoms with Gasteiger partial charge in [-0.1, -0.05) is 12.8 Å². The second kappa shape index (κ2) is 8.82. The zero-order valence-corrected chi connectivity index (χ0v) is 14.7. The predicted molar refractivity (Wildman–Crippen MR) is 87.6 cm³/mol. The number of hydrogen-bond acceptors (Lipinski definition) is 6. The van der Waals surface area contributed by atoms with Crippen LogP contribution in [0.3, 0.4) is 0 Å². The van der Waals surface area contributed by atoms with Gasteiger partial charge in [-0.15, -0.1) is 0 Å². The first-order valence-electron chi connectivity index (χ1n) is 8.70. The first-order chi connectivity index (χ1) is 12.0. The van der Waals surface area contributed by atoms with E-state index in [4.69, 9.17) is 0 Å². The highest BCUT2D eigenvalue weighted by Crippen LogP contribution is 2.39. The second-order valence-electron chi connectivity index (χ2n) is 6.60. The lowest BCUT2D eigenvalue weighted by molar-refractivity contribution is -0.142. The lowest BCUT2D eigenvalue weighted by atomic mass is 9.84. The SMILES string of the molecule is COC(=O)CCC(NC(=O)OC)C(=O)N1C2CCCCC2C[C@H]1C=O. The van der Waals surface area contributed by atoms with E-state index in [9.17, 15) is 19.2 Å². The van der Waals surface area contributed by atoms with Crippen LogP contribution < -0.4 is 5.32 Å². The van der Waals surface area contributed by atoms with Crippen LogP contribution in [0.1, 0.15) is 44.9 Å². The number of fused-ring (bicyclic) bond motifs is 1. The van der Waals surface area contributed by atoms with Crippen molar-refractivity contribution >= 4 is 24.3 Å². The van der Waals surface area contributed by atoms with E-state index in [-0.39, 0.29) is 24.8 Å². The van der Waals surface area contributed by atoms with E-state index in [2.05, 4.69) is 14.8 Å². The molecule has 3 unspecified atom stereocenters. The summed E-state index contributed by atoms with van der Waals surface area (Å²) < 4.78 is 9.18. The van der Waals surface area contributed by atoms with Gasteiger partial charge in [0.25, 0.3) is 0 Å². The van der Waals surface area contributed by atoms with Crippen molar-refractivity contribution in [2.75, 3.05) is 14.2 Å². The molecule has 2 rings (SSSR count). The number of nitrogens with one attached hydrogen (secondary N) is 1. The Kier molecular flexibility index (Phi) is 6.78. The highest BCUT2D eigenvalue weighted by atomic mass is 16.5. The molecular weight excluding hydrogens is 328 g/mol. The van der Waals surface area contributed by atoms with E-state index in [1.165, 1.54) is 14.2 Å². The second-order valence-corrected chi connectivity index (χ2v) is 6.60. The Morgan fingerprint density at radius 3 is 2.56 bits per heavy atom. The van der Waals surface area contributed by atoms with Crippen molar-refractivity contribution in [3.05, 3.63) is 0 Å². The summed E-state index contributed by atoms with van der Waals surface area (Å²) in [6, 6.07) is -1.37. The normalized spacial score (nSPS) is 26.3. The van der Waals surface area contributed by atoms with Gasteiger partial charge in [0.15, 0.2) is 0 Å². The molecule has 140 valence electrons. The van der Waals surface area contributed by atoms with Gasteiger partial charge in [-0.2, -0.15) is 0 Å². The van der Waals surface area contributed by atoms with Crippen LogP contribution in [-0.2, 0) is 23.9 Å². The monoisotopic (exact) mass is 354 g/mol. The number of esters is 1. The molecule has 2 fully saturated rings. The first kappa shape index (κ1) is 19.2. The topological polar surface area (TPSA) is 102 Å². The Morgan fingerprint density at radius 1 is 1.20 bits per heavy atom. The number of carbonyl (C=O) groups excluding carboxylic acids is 4. The fraction of sp³-hybridized carbons (Fsp3) is 0.765. The fourth-order valence-electron chi connectivity index (χ4n) is 3.95. The number of amides is 2. The molecule has 4 atom stereocenters. The molecule has 0 aromatic carbocycles. The molecule has 25 heavy (non-hydrogen) atoms. The molecule has 0 aromatic heterocycles. The minimum absolute atomic E-state index is 0.00933. The van der Waals surface area contributed by atoms with Gasteiger partial charge in [0.1, 0.15) is 12.3 Å². The molecule has 1 heterocycles. The Hall–Kier alpha value is -2.12. The van der Waals surface area contributed by atoms with Crippen LogP contribution in [0.4, 0.5) is 4.79 Å². The van der Waals surface area contributed by atoms with Gasteiger partial charge in [-0.25, -0.2) is 4.79 Å². The molecule has 1 saturated carbocycles. The third-order valence-electron chi connectivity index (χ3n) is 5.18. The summed E-state index contributed by atoms with van der Waals surface area (Å²) >= 11 is 0. The van der Waals surface area contributed by atoms with Gasteiger partial charge in [0.2, 0.25) is 5.91 Å². The highest BCUT2D eigenvalue weighted by molar-refractivity contribution is 5.88. The zero-order valence-electron chi connectivity index (χ0n) is 14.7. The Morgan fingerprint density at radius 2 is 1.92 bits per heavy atom. The molecule has 0 bridgehead atoms. The van der Waals surface area contributed by atoms with Crippen molar-refractivity contribution in [1.82, 2.24) is 10.2 Å².